The fourth-order valence-corrected chi connectivity index (χ4v) is 14.5. The van der Waals surface area contributed by atoms with Gasteiger partial charge in [0.1, 0.15) is 23.2 Å². The van der Waals surface area contributed by atoms with E-state index < -0.39 is 14.5 Å². The molecule has 3 rings (SSSR count). The SMILES string of the molecule is CCCC[P+](c1ccccc1)(c1ccccc1)c1ccc(C(C)[P+](CC)(CC)CCCC)cc1. The van der Waals surface area contributed by atoms with E-state index in [1.165, 1.54) is 60.9 Å². The summed E-state index contributed by atoms with van der Waals surface area (Å²) in [6.07, 6.45) is 10.6. The van der Waals surface area contributed by atoms with Crippen LogP contribution in [0, 0.1) is 0 Å². The van der Waals surface area contributed by atoms with Gasteiger partial charge in [0.05, 0.1) is 30.3 Å². The Balaban J connectivity index is 2.09. The van der Waals surface area contributed by atoms with Crippen LogP contribution in [0.25, 0.3) is 0 Å². The highest BCUT2D eigenvalue weighted by Gasteiger charge is 2.45. The molecule has 0 heterocycles. The van der Waals surface area contributed by atoms with Gasteiger partial charge in [-0.25, -0.2) is 0 Å². The van der Waals surface area contributed by atoms with Gasteiger partial charge in [0.25, 0.3) is 0 Å². The van der Waals surface area contributed by atoms with Crippen molar-refractivity contribution in [1.82, 2.24) is 0 Å². The molecule has 0 spiro atoms. The van der Waals surface area contributed by atoms with Gasteiger partial charge in [-0.3, -0.25) is 0 Å². The standard InChI is InChI=1S/C32H46P2/c1-6-10-26-33(8-3,9-4)28(5)29-22-24-32(25-23-29)34(27-11-7-2,30-18-14-12-15-19-30)31-20-16-13-17-21-31/h12-25,28H,6-11,26-27H2,1-5H3/q+2. The molecule has 0 bridgehead atoms. The molecular formula is C32H46P2+2. The predicted molar refractivity (Wildman–Crippen MR) is 161 cm³/mol. The van der Waals surface area contributed by atoms with Gasteiger partial charge in [0.2, 0.25) is 0 Å². The summed E-state index contributed by atoms with van der Waals surface area (Å²) in [4.78, 5) is 0. The van der Waals surface area contributed by atoms with E-state index in [0.717, 1.165) is 0 Å². The number of hydrogen-bond donors (Lipinski definition) is 0. The first-order valence-electron chi connectivity index (χ1n) is 13.5. The average molecular weight is 493 g/mol. The van der Waals surface area contributed by atoms with Crippen LogP contribution in [0.3, 0.4) is 0 Å². The van der Waals surface area contributed by atoms with E-state index in [-0.39, 0.29) is 0 Å². The molecule has 0 saturated carbocycles. The third-order valence-electron chi connectivity index (χ3n) is 8.10. The van der Waals surface area contributed by atoms with Gasteiger partial charge in [0.15, 0.2) is 0 Å². The van der Waals surface area contributed by atoms with Crippen molar-refractivity contribution in [3.63, 3.8) is 0 Å². The minimum atomic E-state index is -1.68. The smallest absolute Gasteiger partial charge is 0.0652 e. The number of hydrogen-bond acceptors (Lipinski definition) is 0. The molecule has 2 heteroatoms. The molecule has 0 aliphatic carbocycles. The molecule has 0 aliphatic rings. The monoisotopic (exact) mass is 492 g/mol. The van der Waals surface area contributed by atoms with Crippen LogP contribution >= 0.6 is 14.5 Å². The Labute approximate surface area is 211 Å². The Morgan fingerprint density at radius 1 is 0.559 bits per heavy atom. The number of unbranched alkanes of at least 4 members (excludes halogenated alkanes) is 2. The van der Waals surface area contributed by atoms with Crippen molar-refractivity contribution in [1.29, 1.82) is 0 Å². The molecule has 34 heavy (non-hydrogen) atoms. The summed E-state index contributed by atoms with van der Waals surface area (Å²) >= 11 is 0. The minimum absolute atomic E-state index is 0.694. The van der Waals surface area contributed by atoms with Crippen LogP contribution in [0.2, 0.25) is 0 Å². The summed E-state index contributed by atoms with van der Waals surface area (Å²) in [5.74, 6) is 0. The fourth-order valence-electron chi connectivity index (χ4n) is 5.67. The third kappa shape index (κ3) is 5.66. The van der Waals surface area contributed by atoms with Gasteiger partial charge >= 0.3 is 0 Å². The summed E-state index contributed by atoms with van der Waals surface area (Å²) in [6.45, 7) is 12.1. The highest BCUT2D eigenvalue weighted by molar-refractivity contribution is 7.95. The first kappa shape index (κ1) is 27.1. The molecule has 0 aromatic heterocycles. The van der Waals surface area contributed by atoms with Crippen molar-refractivity contribution in [2.75, 3.05) is 24.6 Å². The quantitative estimate of drug-likeness (QED) is 0.209. The van der Waals surface area contributed by atoms with E-state index in [9.17, 15) is 0 Å². The lowest BCUT2D eigenvalue weighted by molar-refractivity contribution is 0.870. The van der Waals surface area contributed by atoms with Crippen LogP contribution in [0.1, 0.15) is 71.5 Å². The van der Waals surface area contributed by atoms with Crippen LogP contribution in [-0.4, -0.2) is 24.6 Å². The van der Waals surface area contributed by atoms with E-state index in [4.69, 9.17) is 0 Å². The van der Waals surface area contributed by atoms with Crippen LogP contribution in [0.5, 0.6) is 0 Å². The Morgan fingerprint density at radius 2 is 1.00 bits per heavy atom. The van der Waals surface area contributed by atoms with Gasteiger partial charge in [-0.15, -0.1) is 0 Å². The first-order chi connectivity index (χ1) is 16.6. The fraction of sp³-hybridized carbons (Fsp3) is 0.438. The molecule has 0 nitrogen and oxygen atoms in total. The van der Waals surface area contributed by atoms with E-state index in [1.54, 1.807) is 10.9 Å². The largest absolute Gasteiger partial charge is 0.112 e. The van der Waals surface area contributed by atoms with E-state index in [1.807, 2.05) is 0 Å². The molecule has 0 N–H and O–H groups in total. The molecule has 3 aromatic rings. The molecule has 182 valence electrons. The maximum absolute atomic E-state index is 2.53. The molecule has 0 radical (unpaired) electrons. The van der Waals surface area contributed by atoms with Crippen molar-refractivity contribution in [2.45, 2.75) is 66.0 Å². The van der Waals surface area contributed by atoms with E-state index in [2.05, 4.69) is 120 Å². The Bertz CT molecular complexity index is 919. The summed E-state index contributed by atoms with van der Waals surface area (Å²) in [5.41, 5.74) is 2.26. The molecule has 3 aromatic carbocycles. The number of rotatable bonds is 13. The lowest BCUT2D eigenvalue weighted by Crippen LogP contribution is -2.33. The lowest BCUT2D eigenvalue weighted by Gasteiger charge is -2.32. The average Bonchev–Trinajstić information content (AvgIpc) is 2.91. The maximum Gasteiger partial charge on any atom is 0.112 e. The predicted octanol–water partition coefficient (Wildman–Crippen LogP) is 8.70. The summed E-state index contributed by atoms with van der Waals surface area (Å²) in [5, 5.41) is 4.57. The Morgan fingerprint density at radius 3 is 1.44 bits per heavy atom. The third-order valence-corrected chi connectivity index (χ3v) is 18.3. The topological polar surface area (TPSA) is 0 Å². The Hall–Kier alpha value is -1.48. The summed E-state index contributed by atoms with van der Waals surface area (Å²) < 4.78 is 0. The van der Waals surface area contributed by atoms with Gasteiger partial charge in [-0.1, -0.05) is 75.2 Å². The van der Waals surface area contributed by atoms with Crippen LogP contribution < -0.4 is 15.9 Å². The minimum Gasteiger partial charge on any atom is -0.0652 e. The molecule has 1 unspecified atom stereocenters. The van der Waals surface area contributed by atoms with Crippen molar-refractivity contribution < 1.29 is 0 Å². The first-order valence-corrected chi connectivity index (χ1v) is 17.9. The zero-order valence-corrected chi connectivity index (χ0v) is 24.0. The second-order valence-electron chi connectivity index (χ2n) is 9.75. The van der Waals surface area contributed by atoms with Gasteiger partial charge < -0.3 is 0 Å². The number of benzene rings is 3. The second-order valence-corrected chi connectivity index (χ2v) is 18.3. The van der Waals surface area contributed by atoms with Crippen LogP contribution in [0.15, 0.2) is 84.9 Å². The highest BCUT2D eigenvalue weighted by atomic mass is 31.2. The van der Waals surface area contributed by atoms with E-state index in [0.29, 0.717) is 5.66 Å². The van der Waals surface area contributed by atoms with Crippen molar-refractivity contribution in [2.24, 2.45) is 0 Å². The Kier molecular flexibility index (Phi) is 10.4. The van der Waals surface area contributed by atoms with Crippen molar-refractivity contribution in [3.05, 3.63) is 90.5 Å². The molecule has 0 saturated heterocycles. The second kappa shape index (κ2) is 13.0. The molecule has 0 fully saturated rings. The van der Waals surface area contributed by atoms with Crippen LogP contribution in [0.4, 0.5) is 0 Å². The summed E-state index contributed by atoms with van der Waals surface area (Å²) in [7, 11) is -2.65. The van der Waals surface area contributed by atoms with Gasteiger partial charge in [-0.05, 0) is 75.6 Å². The van der Waals surface area contributed by atoms with Gasteiger partial charge in [-0.2, -0.15) is 0 Å². The normalized spacial score (nSPS) is 13.1. The molecule has 0 amide bonds. The zero-order valence-electron chi connectivity index (χ0n) is 22.2. The van der Waals surface area contributed by atoms with Gasteiger partial charge in [0, 0.05) is 7.26 Å². The highest BCUT2D eigenvalue weighted by Crippen LogP contribution is 2.69. The molecule has 0 aliphatic heterocycles. The maximum atomic E-state index is 2.53. The zero-order chi connectivity index (χ0) is 24.4. The van der Waals surface area contributed by atoms with Crippen LogP contribution in [-0.2, 0) is 0 Å². The van der Waals surface area contributed by atoms with E-state index >= 15 is 0 Å². The lowest BCUT2D eigenvalue weighted by atomic mass is 10.2. The summed E-state index contributed by atoms with van der Waals surface area (Å²) in [6, 6.07) is 32.7. The van der Waals surface area contributed by atoms with Crippen molar-refractivity contribution in [3.8, 4) is 0 Å². The molecule has 1 atom stereocenters. The molecular weight excluding hydrogens is 446 g/mol. The van der Waals surface area contributed by atoms with Crippen molar-refractivity contribution >= 4 is 30.4 Å².